The zero-order valence-corrected chi connectivity index (χ0v) is 18.7. The van der Waals surface area contributed by atoms with Crippen molar-refractivity contribution in [3.05, 3.63) is 59.7 Å². The second-order valence-electron chi connectivity index (χ2n) is 6.07. The van der Waals surface area contributed by atoms with Gasteiger partial charge in [0.05, 0.1) is 19.7 Å². The number of nitrogens with one attached hydrogen (secondary N) is 2. The van der Waals surface area contributed by atoms with Crippen LogP contribution < -0.4 is 20.1 Å². The number of ether oxygens (including phenoxy) is 2. The lowest BCUT2D eigenvalue weighted by Crippen LogP contribution is -2.42. The Hall–Kier alpha value is -2.10. The summed E-state index contributed by atoms with van der Waals surface area (Å²) in [6, 6.07) is 11.0. The van der Waals surface area contributed by atoms with E-state index < -0.39 is 11.6 Å². The highest BCUT2D eigenvalue weighted by Crippen LogP contribution is 2.26. The number of para-hydroxylation sites is 2. The lowest BCUT2D eigenvalue weighted by Gasteiger charge is -2.21. The Bertz CT molecular complexity index is 790. The molecule has 0 aliphatic heterocycles. The summed E-state index contributed by atoms with van der Waals surface area (Å²) in [4.78, 5) is 4.15. The molecule has 2 rings (SSSR count). The number of hydrogen-bond donors (Lipinski definition) is 2. The smallest absolute Gasteiger partial charge is 0.191 e. The quantitative estimate of drug-likeness (QED) is 0.335. The molecule has 0 aromatic heterocycles. The van der Waals surface area contributed by atoms with Crippen LogP contribution in [0.3, 0.4) is 0 Å². The minimum atomic E-state index is -0.872. The Morgan fingerprint density at radius 2 is 1.75 bits per heavy atom. The molecule has 2 atom stereocenters. The molecule has 0 saturated heterocycles. The van der Waals surface area contributed by atoms with Crippen LogP contribution in [0.5, 0.6) is 11.5 Å². The fourth-order valence-corrected chi connectivity index (χ4v) is 2.48. The predicted octanol–water partition coefficient (Wildman–Crippen LogP) is 4.28. The first-order valence-corrected chi connectivity index (χ1v) is 8.66. The van der Waals surface area contributed by atoms with E-state index in [1.54, 1.807) is 14.2 Å². The summed E-state index contributed by atoms with van der Waals surface area (Å²) < 4.78 is 37.6. The number of halogens is 3. The van der Waals surface area contributed by atoms with Gasteiger partial charge in [0.15, 0.2) is 29.1 Å². The molecule has 0 spiro atoms. The molecule has 0 heterocycles. The van der Waals surface area contributed by atoms with E-state index in [0.29, 0.717) is 29.6 Å². The van der Waals surface area contributed by atoms with E-state index >= 15 is 0 Å². The molecule has 2 aromatic rings. The van der Waals surface area contributed by atoms with E-state index in [-0.39, 0.29) is 36.1 Å². The SMILES string of the molecule is CN=C(NCC(C)Oc1ccccc1OC)NC(C)c1ccc(F)c(F)c1.I. The monoisotopic (exact) mass is 505 g/mol. The van der Waals surface area contributed by atoms with Crippen molar-refractivity contribution in [3.8, 4) is 11.5 Å². The number of nitrogens with zero attached hydrogens (tertiary/aromatic N) is 1. The number of rotatable bonds is 7. The van der Waals surface area contributed by atoms with Gasteiger partial charge < -0.3 is 20.1 Å². The van der Waals surface area contributed by atoms with Gasteiger partial charge in [-0.2, -0.15) is 0 Å². The van der Waals surface area contributed by atoms with Crippen molar-refractivity contribution in [3.63, 3.8) is 0 Å². The third kappa shape index (κ3) is 6.81. The lowest BCUT2D eigenvalue weighted by atomic mass is 10.1. The van der Waals surface area contributed by atoms with Crippen LogP contribution in [0, 0.1) is 11.6 Å². The van der Waals surface area contributed by atoms with Crippen molar-refractivity contribution in [2.75, 3.05) is 20.7 Å². The van der Waals surface area contributed by atoms with Gasteiger partial charge in [0.1, 0.15) is 6.10 Å². The van der Waals surface area contributed by atoms with Gasteiger partial charge in [-0.25, -0.2) is 8.78 Å². The summed E-state index contributed by atoms with van der Waals surface area (Å²) in [5.74, 6) is 0.118. The molecule has 0 saturated carbocycles. The Balaban J connectivity index is 0.00000392. The molecule has 0 fully saturated rings. The Kier molecular flexibility index (Phi) is 9.98. The molecule has 154 valence electrons. The summed E-state index contributed by atoms with van der Waals surface area (Å²) in [7, 11) is 3.23. The van der Waals surface area contributed by atoms with E-state index in [9.17, 15) is 8.78 Å². The van der Waals surface area contributed by atoms with Crippen molar-refractivity contribution in [1.29, 1.82) is 0 Å². The molecule has 0 amide bonds. The fourth-order valence-electron chi connectivity index (χ4n) is 2.48. The maximum Gasteiger partial charge on any atom is 0.191 e. The molecular formula is C20H26F2IN3O2. The third-order valence-electron chi connectivity index (χ3n) is 3.97. The largest absolute Gasteiger partial charge is 0.493 e. The van der Waals surface area contributed by atoms with Crippen LogP contribution in [0.2, 0.25) is 0 Å². The first-order valence-electron chi connectivity index (χ1n) is 8.66. The number of benzene rings is 2. The van der Waals surface area contributed by atoms with Gasteiger partial charge in [0.25, 0.3) is 0 Å². The summed E-state index contributed by atoms with van der Waals surface area (Å²) in [5.41, 5.74) is 0.621. The minimum Gasteiger partial charge on any atom is -0.493 e. The summed E-state index contributed by atoms with van der Waals surface area (Å²) in [6.45, 7) is 4.25. The van der Waals surface area contributed by atoms with Crippen LogP contribution in [-0.2, 0) is 0 Å². The van der Waals surface area contributed by atoms with Gasteiger partial charge in [0.2, 0.25) is 0 Å². The van der Waals surface area contributed by atoms with Gasteiger partial charge in [-0.1, -0.05) is 18.2 Å². The second-order valence-corrected chi connectivity index (χ2v) is 6.07. The number of guanidine groups is 1. The van der Waals surface area contributed by atoms with Gasteiger partial charge in [-0.3, -0.25) is 4.99 Å². The van der Waals surface area contributed by atoms with Crippen molar-refractivity contribution in [1.82, 2.24) is 10.6 Å². The van der Waals surface area contributed by atoms with E-state index in [0.717, 1.165) is 6.07 Å². The van der Waals surface area contributed by atoms with E-state index in [4.69, 9.17) is 9.47 Å². The number of methoxy groups -OCH3 is 1. The second kappa shape index (κ2) is 11.7. The molecule has 0 aliphatic rings. The summed E-state index contributed by atoms with van der Waals surface area (Å²) >= 11 is 0. The highest BCUT2D eigenvalue weighted by atomic mass is 127. The van der Waals surface area contributed by atoms with Crippen LogP contribution in [0.15, 0.2) is 47.5 Å². The molecule has 2 aromatic carbocycles. The third-order valence-corrected chi connectivity index (χ3v) is 3.97. The molecular weight excluding hydrogens is 479 g/mol. The maximum atomic E-state index is 13.4. The van der Waals surface area contributed by atoms with Crippen molar-refractivity contribution >= 4 is 29.9 Å². The molecule has 0 aliphatic carbocycles. The Labute approximate surface area is 181 Å². The van der Waals surface area contributed by atoms with Gasteiger partial charge >= 0.3 is 0 Å². The average molecular weight is 505 g/mol. The van der Waals surface area contributed by atoms with Crippen LogP contribution in [-0.4, -0.2) is 32.8 Å². The normalized spacial score (nSPS) is 13.1. The molecule has 2 unspecified atom stereocenters. The molecule has 0 bridgehead atoms. The number of hydrogen-bond acceptors (Lipinski definition) is 3. The van der Waals surface area contributed by atoms with Crippen LogP contribution in [0.25, 0.3) is 0 Å². The van der Waals surface area contributed by atoms with Crippen LogP contribution in [0.4, 0.5) is 8.78 Å². The van der Waals surface area contributed by atoms with Crippen molar-refractivity contribution in [2.24, 2.45) is 4.99 Å². The maximum absolute atomic E-state index is 13.4. The van der Waals surface area contributed by atoms with E-state index in [1.807, 2.05) is 38.1 Å². The average Bonchev–Trinajstić information content (AvgIpc) is 2.67. The Morgan fingerprint density at radius 1 is 1.07 bits per heavy atom. The zero-order chi connectivity index (χ0) is 19.8. The first-order chi connectivity index (χ1) is 12.9. The molecule has 8 heteroatoms. The van der Waals surface area contributed by atoms with Crippen LogP contribution in [0.1, 0.15) is 25.5 Å². The highest BCUT2D eigenvalue weighted by molar-refractivity contribution is 14.0. The summed E-state index contributed by atoms with van der Waals surface area (Å²) in [5, 5.41) is 6.30. The van der Waals surface area contributed by atoms with Crippen LogP contribution >= 0.6 is 24.0 Å². The highest BCUT2D eigenvalue weighted by Gasteiger charge is 2.13. The molecule has 0 radical (unpaired) electrons. The van der Waals surface area contributed by atoms with E-state index in [1.165, 1.54) is 12.1 Å². The standard InChI is InChI=1S/C20H25F2N3O2.HI/c1-13(27-19-8-6-5-7-18(19)26-4)12-24-20(23-3)25-14(2)15-9-10-16(21)17(22)11-15;/h5-11,13-14H,12H2,1-4H3,(H2,23,24,25);1H. The van der Waals surface area contributed by atoms with E-state index in [2.05, 4.69) is 15.6 Å². The van der Waals surface area contributed by atoms with Gasteiger partial charge in [-0.15, -0.1) is 24.0 Å². The molecule has 2 N–H and O–H groups in total. The van der Waals surface area contributed by atoms with Gasteiger partial charge in [0, 0.05) is 7.05 Å². The number of aliphatic imine (C=N–C) groups is 1. The molecule has 5 nitrogen and oxygen atoms in total. The van der Waals surface area contributed by atoms with Gasteiger partial charge in [-0.05, 0) is 43.7 Å². The predicted molar refractivity (Wildman–Crippen MR) is 118 cm³/mol. The minimum absolute atomic E-state index is 0. The fraction of sp³-hybridized carbons (Fsp3) is 0.350. The van der Waals surface area contributed by atoms with Crippen molar-refractivity contribution < 1.29 is 18.3 Å². The first kappa shape index (κ1) is 23.9. The molecule has 28 heavy (non-hydrogen) atoms. The topological polar surface area (TPSA) is 54.9 Å². The summed E-state index contributed by atoms with van der Waals surface area (Å²) in [6.07, 6.45) is -0.154. The Morgan fingerprint density at radius 3 is 2.36 bits per heavy atom. The zero-order valence-electron chi connectivity index (χ0n) is 16.3. The van der Waals surface area contributed by atoms with Crippen molar-refractivity contribution in [2.45, 2.75) is 26.0 Å². The lowest BCUT2D eigenvalue weighted by molar-refractivity contribution is 0.213.